The summed E-state index contributed by atoms with van der Waals surface area (Å²) in [6, 6.07) is 7.44. The second-order valence-corrected chi connectivity index (χ2v) is 4.51. The zero-order chi connectivity index (χ0) is 14.8. The first kappa shape index (κ1) is 15.8. The quantitative estimate of drug-likeness (QED) is 0.677. The van der Waals surface area contributed by atoms with Gasteiger partial charge in [-0.05, 0) is 25.0 Å². The number of hydrogen-bond donors (Lipinski definition) is 2. The number of nitrogens with zero attached hydrogens (tertiary/aromatic N) is 1. The number of nitriles is 1. The predicted molar refractivity (Wildman–Crippen MR) is 76.9 cm³/mol. The van der Waals surface area contributed by atoms with Gasteiger partial charge < -0.3 is 15.2 Å². The second kappa shape index (κ2) is 8.81. The Labute approximate surface area is 119 Å². The van der Waals surface area contributed by atoms with E-state index in [4.69, 9.17) is 15.1 Å². The van der Waals surface area contributed by atoms with Crippen molar-refractivity contribution in [3.8, 4) is 11.8 Å². The summed E-state index contributed by atoms with van der Waals surface area (Å²) in [5.41, 5.74) is 1.37. The Kier molecular flexibility index (Phi) is 6.97. The van der Waals surface area contributed by atoms with Gasteiger partial charge in [0.2, 0.25) is 0 Å². The van der Waals surface area contributed by atoms with Crippen molar-refractivity contribution in [1.29, 1.82) is 5.26 Å². The molecule has 0 amide bonds. The van der Waals surface area contributed by atoms with Gasteiger partial charge in [0.25, 0.3) is 0 Å². The van der Waals surface area contributed by atoms with Crippen molar-refractivity contribution in [2.45, 2.75) is 32.1 Å². The summed E-state index contributed by atoms with van der Waals surface area (Å²) in [7, 11) is 1.59. The van der Waals surface area contributed by atoms with E-state index >= 15 is 0 Å². The number of benzene rings is 1. The minimum Gasteiger partial charge on any atom is -0.497 e. The first-order valence-electron chi connectivity index (χ1n) is 6.71. The maximum atomic E-state index is 10.3. The van der Waals surface area contributed by atoms with Gasteiger partial charge in [-0.1, -0.05) is 12.8 Å². The van der Waals surface area contributed by atoms with Gasteiger partial charge in [0.05, 0.1) is 18.4 Å². The molecule has 1 aromatic rings. The van der Waals surface area contributed by atoms with Gasteiger partial charge in [0.15, 0.2) is 0 Å². The molecule has 1 aromatic carbocycles. The highest BCUT2D eigenvalue weighted by atomic mass is 16.5. The average molecular weight is 276 g/mol. The minimum atomic E-state index is -0.738. The molecule has 5 nitrogen and oxygen atoms in total. The maximum absolute atomic E-state index is 10.3. The van der Waals surface area contributed by atoms with Gasteiger partial charge in [-0.25, -0.2) is 0 Å². The number of anilines is 1. The summed E-state index contributed by atoms with van der Waals surface area (Å²) in [5, 5.41) is 20.8. The lowest BCUT2D eigenvalue weighted by Gasteiger charge is -2.09. The van der Waals surface area contributed by atoms with Crippen LogP contribution in [0.3, 0.4) is 0 Å². The number of hydrogen-bond acceptors (Lipinski definition) is 4. The van der Waals surface area contributed by atoms with Crippen molar-refractivity contribution in [2.24, 2.45) is 0 Å². The maximum Gasteiger partial charge on any atom is 0.303 e. The molecule has 2 N–H and O–H groups in total. The largest absolute Gasteiger partial charge is 0.497 e. The van der Waals surface area contributed by atoms with E-state index in [9.17, 15) is 4.79 Å². The number of rotatable bonds is 9. The van der Waals surface area contributed by atoms with E-state index in [1.54, 1.807) is 19.2 Å². The summed E-state index contributed by atoms with van der Waals surface area (Å²) in [6.45, 7) is 0.759. The Morgan fingerprint density at radius 2 is 2.10 bits per heavy atom. The molecular weight excluding hydrogens is 256 g/mol. The van der Waals surface area contributed by atoms with Gasteiger partial charge in [-0.15, -0.1) is 0 Å². The molecule has 0 unspecified atom stereocenters. The van der Waals surface area contributed by atoms with Crippen molar-refractivity contribution < 1.29 is 14.6 Å². The van der Waals surface area contributed by atoms with Crippen LogP contribution in [0.2, 0.25) is 0 Å². The van der Waals surface area contributed by atoms with Gasteiger partial charge in [-0.2, -0.15) is 5.26 Å². The number of nitrogens with one attached hydrogen (secondary N) is 1. The minimum absolute atomic E-state index is 0.238. The number of unbranched alkanes of at least 4 members (excludes halogenated alkanes) is 3. The highest BCUT2D eigenvalue weighted by molar-refractivity contribution is 5.66. The van der Waals surface area contributed by atoms with Crippen LogP contribution in [0.1, 0.15) is 37.7 Å². The molecule has 0 aliphatic carbocycles. The normalized spacial score (nSPS) is 9.80. The van der Waals surface area contributed by atoms with Crippen LogP contribution in [0.15, 0.2) is 18.2 Å². The Balaban J connectivity index is 2.31. The van der Waals surface area contributed by atoms with Crippen molar-refractivity contribution in [3.05, 3.63) is 23.8 Å². The van der Waals surface area contributed by atoms with Crippen LogP contribution in [0.5, 0.6) is 5.75 Å². The summed E-state index contributed by atoms with van der Waals surface area (Å²) in [6.07, 6.45) is 3.80. The molecule has 1 rings (SSSR count). The number of carboxylic acids is 1. The smallest absolute Gasteiger partial charge is 0.303 e. The van der Waals surface area contributed by atoms with E-state index in [0.29, 0.717) is 11.3 Å². The van der Waals surface area contributed by atoms with Crippen molar-refractivity contribution >= 4 is 11.7 Å². The summed E-state index contributed by atoms with van der Waals surface area (Å²) in [4.78, 5) is 10.3. The van der Waals surface area contributed by atoms with Crippen LogP contribution in [0.25, 0.3) is 0 Å². The lowest BCUT2D eigenvalue weighted by Crippen LogP contribution is -2.03. The summed E-state index contributed by atoms with van der Waals surface area (Å²) < 4.78 is 5.13. The fraction of sp³-hybridized carbons (Fsp3) is 0.467. The van der Waals surface area contributed by atoms with Crippen molar-refractivity contribution in [1.82, 2.24) is 0 Å². The van der Waals surface area contributed by atoms with Gasteiger partial charge in [0.1, 0.15) is 11.8 Å². The first-order chi connectivity index (χ1) is 9.67. The molecular formula is C15H20N2O3. The zero-order valence-corrected chi connectivity index (χ0v) is 11.7. The first-order valence-corrected chi connectivity index (χ1v) is 6.71. The molecule has 0 fully saturated rings. The van der Waals surface area contributed by atoms with Crippen molar-refractivity contribution in [2.75, 3.05) is 19.0 Å². The topological polar surface area (TPSA) is 82.3 Å². The number of carboxylic acid groups (broad SMARTS) is 1. The molecule has 0 saturated carbocycles. The third-order valence-electron chi connectivity index (χ3n) is 2.98. The Morgan fingerprint density at radius 3 is 2.75 bits per heavy atom. The molecule has 0 aliphatic heterocycles. The van der Waals surface area contributed by atoms with Crippen LogP contribution in [0.4, 0.5) is 5.69 Å². The fourth-order valence-corrected chi connectivity index (χ4v) is 1.87. The summed E-state index contributed by atoms with van der Waals surface area (Å²) >= 11 is 0. The molecule has 20 heavy (non-hydrogen) atoms. The number of methoxy groups -OCH3 is 1. The molecule has 0 aromatic heterocycles. The molecule has 5 heteroatoms. The molecule has 0 aliphatic rings. The number of aliphatic carboxylic acids is 1. The number of ether oxygens (including phenoxy) is 1. The summed E-state index contributed by atoms with van der Waals surface area (Å²) in [5.74, 6) is -0.0221. The van der Waals surface area contributed by atoms with E-state index in [2.05, 4.69) is 11.4 Å². The molecule has 108 valence electrons. The fourth-order valence-electron chi connectivity index (χ4n) is 1.87. The predicted octanol–water partition coefficient (Wildman–Crippen LogP) is 3.01. The van der Waals surface area contributed by atoms with E-state index in [1.165, 1.54) is 0 Å². The second-order valence-electron chi connectivity index (χ2n) is 4.51. The number of carbonyl (C=O) groups is 1. The third kappa shape index (κ3) is 5.61. The third-order valence-corrected chi connectivity index (χ3v) is 2.98. The highest BCUT2D eigenvalue weighted by Gasteiger charge is 2.03. The van der Waals surface area contributed by atoms with Crippen molar-refractivity contribution in [3.63, 3.8) is 0 Å². The average Bonchev–Trinajstić information content (AvgIpc) is 2.45. The van der Waals surface area contributed by atoms with Crippen LogP contribution in [-0.4, -0.2) is 24.7 Å². The zero-order valence-electron chi connectivity index (χ0n) is 11.7. The van der Waals surface area contributed by atoms with Crippen LogP contribution in [-0.2, 0) is 4.79 Å². The Hall–Kier alpha value is -2.22. The lowest BCUT2D eigenvalue weighted by molar-refractivity contribution is -0.137. The van der Waals surface area contributed by atoms with Crippen LogP contribution >= 0.6 is 0 Å². The SMILES string of the molecule is COc1ccc(C#N)c(NCCCCCCC(=O)O)c1. The van der Waals surface area contributed by atoms with Crippen LogP contribution < -0.4 is 10.1 Å². The van der Waals surface area contributed by atoms with Gasteiger partial charge in [-0.3, -0.25) is 4.79 Å². The molecule has 0 saturated heterocycles. The Bertz CT molecular complexity index is 480. The monoisotopic (exact) mass is 276 g/mol. The molecule has 0 heterocycles. The van der Waals surface area contributed by atoms with E-state index in [-0.39, 0.29) is 6.42 Å². The Morgan fingerprint density at radius 1 is 1.35 bits per heavy atom. The highest BCUT2D eigenvalue weighted by Crippen LogP contribution is 2.21. The molecule has 0 bridgehead atoms. The van der Waals surface area contributed by atoms with E-state index in [1.807, 2.05) is 6.07 Å². The van der Waals surface area contributed by atoms with Gasteiger partial charge >= 0.3 is 5.97 Å². The standard InChI is InChI=1S/C15H20N2O3/c1-20-13-8-7-12(11-16)14(10-13)17-9-5-3-2-4-6-15(18)19/h7-8,10,17H,2-6,9H2,1H3,(H,18,19). The molecule has 0 atom stereocenters. The van der Waals surface area contributed by atoms with E-state index < -0.39 is 5.97 Å². The lowest BCUT2D eigenvalue weighted by atomic mass is 10.1. The molecule has 0 spiro atoms. The molecule has 0 radical (unpaired) electrons. The van der Waals surface area contributed by atoms with Crippen LogP contribution in [0, 0.1) is 11.3 Å². The van der Waals surface area contributed by atoms with Gasteiger partial charge in [0, 0.05) is 19.0 Å². The van der Waals surface area contributed by atoms with E-state index in [0.717, 1.165) is 37.9 Å².